The Morgan fingerprint density at radius 2 is 2.31 bits per heavy atom. The molecule has 0 bridgehead atoms. The normalized spacial score (nSPS) is 15.0. The maximum atomic E-state index is 11.8. The Morgan fingerprint density at radius 1 is 1.62 bits per heavy atom. The summed E-state index contributed by atoms with van der Waals surface area (Å²) in [4.78, 5) is 0. The highest BCUT2D eigenvalue weighted by molar-refractivity contribution is 7.84. The number of hydrogen-bond donors (Lipinski definition) is 1. The molecule has 1 heterocycles. The van der Waals surface area contributed by atoms with Gasteiger partial charge in [-0.25, -0.2) is 0 Å². The minimum atomic E-state index is -0.831. The zero-order valence-corrected chi connectivity index (χ0v) is 11.1. The zero-order valence-electron chi connectivity index (χ0n) is 10.3. The molecule has 2 atom stereocenters. The fourth-order valence-corrected chi connectivity index (χ4v) is 2.81. The average Bonchev–Trinajstić information content (AvgIpc) is 2.57. The summed E-state index contributed by atoms with van der Waals surface area (Å²) in [7, 11) is 1.07. The Hall–Kier alpha value is -0.680. The van der Waals surface area contributed by atoms with Crippen molar-refractivity contribution < 1.29 is 4.21 Å². The van der Waals surface area contributed by atoms with Crippen LogP contribution in [0.1, 0.15) is 31.7 Å². The minimum Gasteiger partial charge on any atom is -0.328 e. The van der Waals surface area contributed by atoms with Gasteiger partial charge in [-0.3, -0.25) is 8.89 Å². The van der Waals surface area contributed by atoms with Crippen molar-refractivity contribution in [3.05, 3.63) is 17.5 Å². The van der Waals surface area contributed by atoms with Gasteiger partial charge < -0.3 is 5.73 Å². The van der Waals surface area contributed by atoms with Crippen LogP contribution in [0.25, 0.3) is 0 Å². The molecule has 1 aromatic rings. The number of nitrogens with two attached hydrogens (primary N) is 1. The predicted octanol–water partition coefficient (Wildman–Crippen LogP) is 0.968. The van der Waals surface area contributed by atoms with Crippen LogP contribution in [0.3, 0.4) is 0 Å². The summed E-state index contributed by atoms with van der Waals surface area (Å²) in [5.74, 6) is 1.25. The molecule has 0 spiro atoms. The number of nitrogens with zero attached hydrogens (tertiary/aromatic N) is 2. The molecule has 5 heteroatoms. The highest BCUT2D eigenvalue weighted by atomic mass is 32.2. The molecular weight excluding hydrogens is 222 g/mol. The van der Waals surface area contributed by atoms with Gasteiger partial charge in [0.05, 0.1) is 17.1 Å². The summed E-state index contributed by atoms with van der Waals surface area (Å²) >= 11 is 0. The second kappa shape index (κ2) is 6.15. The first kappa shape index (κ1) is 13.4. The summed E-state index contributed by atoms with van der Waals surface area (Å²) in [6.07, 6.45) is 1.73. The molecule has 0 aliphatic heterocycles. The minimum absolute atomic E-state index is 0.127. The molecule has 4 nitrogen and oxygen atoms in total. The standard InChI is InChI=1S/C11H21N3OS/c1-4-10-7-11(14(3)13-10)8-16(15)6-5-9(2)12/h7,9H,4-6,8,12H2,1-3H3. The molecule has 92 valence electrons. The van der Waals surface area contributed by atoms with Crippen LogP contribution in [0.2, 0.25) is 0 Å². The first-order valence-electron chi connectivity index (χ1n) is 5.65. The van der Waals surface area contributed by atoms with Crippen LogP contribution < -0.4 is 5.73 Å². The quantitative estimate of drug-likeness (QED) is 0.810. The Labute approximate surface area is 99.7 Å². The van der Waals surface area contributed by atoms with Crippen LogP contribution in [0, 0.1) is 0 Å². The lowest BCUT2D eigenvalue weighted by molar-refractivity contribution is 0.662. The van der Waals surface area contributed by atoms with Crippen LogP contribution in [0.4, 0.5) is 0 Å². The van der Waals surface area contributed by atoms with Crippen molar-refractivity contribution in [2.45, 2.75) is 38.5 Å². The molecule has 0 aliphatic carbocycles. The van der Waals surface area contributed by atoms with Crippen molar-refractivity contribution >= 4 is 10.8 Å². The molecule has 0 radical (unpaired) electrons. The molecule has 0 saturated carbocycles. The Balaban J connectivity index is 2.52. The Bertz CT molecular complexity index is 360. The van der Waals surface area contributed by atoms with E-state index < -0.39 is 10.8 Å². The lowest BCUT2D eigenvalue weighted by Gasteiger charge is -2.05. The summed E-state index contributed by atoms with van der Waals surface area (Å²) < 4.78 is 13.6. The smallest absolute Gasteiger partial charge is 0.0655 e. The SMILES string of the molecule is CCc1cc(CS(=O)CCC(C)N)n(C)n1. The van der Waals surface area contributed by atoms with Crippen LogP contribution in [0.5, 0.6) is 0 Å². The Kier molecular flexibility index (Phi) is 5.15. The fourth-order valence-electron chi connectivity index (χ4n) is 1.43. The van der Waals surface area contributed by atoms with Crippen molar-refractivity contribution in [3.8, 4) is 0 Å². The number of aryl methyl sites for hydroxylation is 2. The van der Waals surface area contributed by atoms with Gasteiger partial charge >= 0.3 is 0 Å². The molecule has 16 heavy (non-hydrogen) atoms. The van der Waals surface area contributed by atoms with Gasteiger partial charge in [0.15, 0.2) is 0 Å². The van der Waals surface area contributed by atoms with Gasteiger partial charge in [-0.2, -0.15) is 5.10 Å². The monoisotopic (exact) mass is 243 g/mol. The summed E-state index contributed by atoms with van der Waals surface area (Å²) in [5.41, 5.74) is 7.74. The van der Waals surface area contributed by atoms with Crippen molar-refractivity contribution in [1.29, 1.82) is 0 Å². The highest BCUT2D eigenvalue weighted by Gasteiger charge is 2.08. The number of rotatable bonds is 6. The van der Waals surface area contributed by atoms with E-state index in [9.17, 15) is 4.21 Å². The molecule has 2 N–H and O–H groups in total. The van der Waals surface area contributed by atoms with Crippen molar-refractivity contribution in [1.82, 2.24) is 9.78 Å². The highest BCUT2D eigenvalue weighted by Crippen LogP contribution is 2.07. The van der Waals surface area contributed by atoms with E-state index in [0.717, 1.165) is 24.2 Å². The molecular formula is C11H21N3OS. The van der Waals surface area contributed by atoms with E-state index in [1.54, 1.807) is 0 Å². The zero-order chi connectivity index (χ0) is 12.1. The molecule has 0 fully saturated rings. The topological polar surface area (TPSA) is 60.9 Å². The molecule has 1 aromatic heterocycles. The number of aromatic nitrogens is 2. The lowest BCUT2D eigenvalue weighted by Crippen LogP contribution is -2.18. The fraction of sp³-hybridized carbons (Fsp3) is 0.727. The van der Waals surface area contributed by atoms with E-state index in [2.05, 4.69) is 12.0 Å². The van der Waals surface area contributed by atoms with E-state index >= 15 is 0 Å². The van der Waals surface area contributed by atoms with Crippen molar-refractivity contribution in [2.75, 3.05) is 5.75 Å². The molecule has 0 saturated heterocycles. The van der Waals surface area contributed by atoms with E-state index in [1.165, 1.54) is 0 Å². The maximum absolute atomic E-state index is 11.8. The lowest BCUT2D eigenvalue weighted by atomic mass is 10.3. The second-order valence-corrected chi connectivity index (χ2v) is 5.73. The van der Waals surface area contributed by atoms with Gasteiger partial charge in [0.2, 0.25) is 0 Å². The van der Waals surface area contributed by atoms with E-state index in [1.807, 2.05) is 24.7 Å². The average molecular weight is 243 g/mol. The van der Waals surface area contributed by atoms with Gasteiger partial charge in [0.1, 0.15) is 0 Å². The van der Waals surface area contributed by atoms with Crippen molar-refractivity contribution in [2.24, 2.45) is 12.8 Å². The van der Waals surface area contributed by atoms with Crippen LogP contribution in [-0.4, -0.2) is 25.8 Å². The predicted molar refractivity (Wildman–Crippen MR) is 67.6 cm³/mol. The van der Waals surface area contributed by atoms with Gasteiger partial charge in [0, 0.05) is 29.6 Å². The van der Waals surface area contributed by atoms with E-state index in [-0.39, 0.29) is 6.04 Å². The third-order valence-electron chi connectivity index (χ3n) is 2.50. The van der Waals surface area contributed by atoms with Gasteiger partial charge in [-0.15, -0.1) is 0 Å². The largest absolute Gasteiger partial charge is 0.328 e. The molecule has 0 aliphatic rings. The first-order chi connectivity index (χ1) is 7.52. The van der Waals surface area contributed by atoms with Gasteiger partial charge in [-0.05, 0) is 25.8 Å². The third-order valence-corrected chi connectivity index (χ3v) is 3.81. The maximum Gasteiger partial charge on any atom is 0.0655 e. The third kappa shape index (κ3) is 4.06. The van der Waals surface area contributed by atoms with Gasteiger partial charge in [-0.1, -0.05) is 6.92 Å². The molecule has 0 amide bonds. The molecule has 1 rings (SSSR count). The summed E-state index contributed by atoms with van der Waals surface area (Å²) in [6, 6.07) is 2.16. The second-order valence-electron chi connectivity index (χ2n) is 4.16. The molecule has 2 unspecified atom stereocenters. The van der Waals surface area contributed by atoms with Crippen molar-refractivity contribution in [3.63, 3.8) is 0 Å². The Morgan fingerprint density at radius 3 is 2.81 bits per heavy atom. The first-order valence-corrected chi connectivity index (χ1v) is 7.14. The molecule has 0 aromatic carbocycles. The number of hydrogen-bond acceptors (Lipinski definition) is 3. The van der Waals surface area contributed by atoms with E-state index in [4.69, 9.17) is 5.73 Å². The summed E-state index contributed by atoms with van der Waals surface area (Å²) in [6.45, 7) is 4.01. The van der Waals surface area contributed by atoms with Crippen LogP contribution in [0.15, 0.2) is 6.07 Å². The van der Waals surface area contributed by atoms with E-state index in [0.29, 0.717) is 11.5 Å². The van der Waals surface area contributed by atoms with Crippen LogP contribution in [-0.2, 0) is 30.0 Å². The van der Waals surface area contributed by atoms with Crippen LogP contribution >= 0.6 is 0 Å². The summed E-state index contributed by atoms with van der Waals surface area (Å²) in [5, 5.41) is 4.33. The van der Waals surface area contributed by atoms with Gasteiger partial charge in [0.25, 0.3) is 0 Å².